The Hall–Kier alpha value is -1.80. The topological polar surface area (TPSA) is 21.3 Å². The Morgan fingerprint density at radius 2 is 1.64 bits per heavy atom. The van der Waals surface area contributed by atoms with Crippen LogP contribution in [0.4, 0.5) is 0 Å². The highest BCUT2D eigenvalue weighted by atomic mass is 16.5. The normalized spacial score (nSPS) is 11.4. The van der Waals surface area contributed by atoms with Gasteiger partial charge in [-0.15, -0.1) is 0 Å². The third-order valence-corrected chi connectivity index (χ3v) is 4.24. The molecule has 0 unspecified atom stereocenters. The Morgan fingerprint density at radius 1 is 0.955 bits per heavy atom. The third-order valence-electron chi connectivity index (χ3n) is 4.24. The van der Waals surface area contributed by atoms with Crippen LogP contribution >= 0.6 is 0 Å². The van der Waals surface area contributed by atoms with Crippen LogP contribution in [-0.4, -0.2) is 13.2 Å². The van der Waals surface area contributed by atoms with Crippen molar-refractivity contribution >= 4 is 0 Å². The van der Waals surface area contributed by atoms with Crippen LogP contribution in [0.1, 0.15) is 38.3 Å². The van der Waals surface area contributed by atoms with Crippen LogP contribution in [0, 0.1) is 0 Å². The number of nitrogens with one attached hydrogen (secondary N) is 1. The smallest absolute Gasteiger partial charge is 0.119 e. The molecule has 0 saturated heterocycles. The van der Waals surface area contributed by atoms with E-state index >= 15 is 0 Å². The predicted molar refractivity (Wildman–Crippen MR) is 93.4 cm³/mol. The van der Waals surface area contributed by atoms with Crippen molar-refractivity contribution in [2.75, 3.05) is 13.2 Å². The van der Waals surface area contributed by atoms with E-state index < -0.39 is 0 Å². The number of hydrogen-bond donors (Lipinski definition) is 1. The molecule has 0 radical (unpaired) electrons. The molecule has 22 heavy (non-hydrogen) atoms. The molecule has 0 aliphatic rings. The Morgan fingerprint density at radius 3 is 2.27 bits per heavy atom. The van der Waals surface area contributed by atoms with Gasteiger partial charge in [0.05, 0.1) is 0 Å². The fourth-order valence-electron chi connectivity index (χ4n) is 2.28. The predicted octanol–water partition coefficient (Wildman–Crippen LogP) is 4.54. The highest BCUT2D eigenvalue weighted by Gasteiger charge is 2.17. The second-order valence-electron chi connectivity index (χ2n) is 6.27. The average molecular weight is 297 g/mol. The van der Waals surface area contributed by atoms with Gasteiger partial charge in [0.15, 0.2) is 0 Å². The lowest BCUT2D eigenvalue weighted by molar-refractivity contribution is 0.313. The van der Waals surface area contributed by atoms with E-state index in [0.717, 1.165) is 25.3 Å². The van der Waals surface area contributed by atoms with Crippen LogP contribution in [0.25, 0.3) is 0 Å². The number of benzene rings is 2. The molecule has 2 aromatic rings. The quantitative estimate of drug-likeness (QED) is 0.722. The fourth-order valence-corrected chi connectivity index (χ4v) is 2.28. The summed E-state index contributed by atoms with van der Waals surface area (Å²) in [6.45, 7) is 9.18. The molecule has 2 nitrogen and oxygen atoms in total. The molecule has 2 aromatic carbocycles. The zero-order valence-electron chi connectivity index (χ0n) is 13.9. The Labute approximate surface area is 134 Å². The first-order valence-corrected chi connectivity index (χ1v) is 8.10. The lowest BCUT2D eigenvalue weighted by atomic mass is 9.82. The van der Waals surface area contributed by atoms with E-state index in [-0.39, 0.29) is 5.41 Å². The van der Waals surface area contributed by atoms with E-state index in [1.807, 2.05) is 6.07 Å². The highest BCUT2D eigenvalue weighted by molar-refractivity contribution is 5.31. The summed E-state index contributed by atoms with van der Waals surface area (Å²) >= 11 is 0. The van der Waals surface area contributed by atoms with Crippen LogP contribution in [-0.2, 0) is 12.0 Å². The minimum absolute atomic E-state index is 0.232. The molecule has 0 saturated carbocycles. The van der Waals surface area contributed by atoms with E-state index in [0.29, 0.717) is 6.61 Å². The number of ether oxygens (including phenoxy) is 1. The maximum atomic E-state index is 5.78. The standard InChI is InChI=1S/C20H27NO/c1-4-20(2,3)18-10-12-19(13-11-18)22-15-14-21-16-17-8-6-5-7-9-17/h5-13,21H,4,14-16H2,1-3H3. The third kappa shape index (κ3) is 4.88. The van der Waals surface area contributed by atoms with Gasteiger partial charge in [0.1, 0.15) is 12.4 Å². The Bertz CT molecular complexity index is 546. The lowest BCUT2D eigenvalue weighted by Gasteiger charge is -2.23. The van der Waals surface area contributed by atoms with Crippen LogP contribution in [0.15, 0.2) is 54.6 Å². The van der Waals surface area contributed by atoms with Gasteiger partial charge in [-0.3, -0.25) is 0 Å². The monoisotopic (exact) mass is 297 g/mol. The summed E-state index contributed by atoms with van der Waals surface area (Å²) in [5, 5.41) is 3.39. The molecule has 1 N–H and O–H groups in total. The zero-order valence-corrected chi connectivity index (χ0v) is 13.9. The molecule has 0 aliphatic heterocycles. The molecule has 0 spiro atoms. The largest absolute Gasteiger partial charge is 0.492 e. The van der Waals surface area contributed by atoms with E-state index in [9.17, 15) is 0 Å². The molecule has 0 bridgehead atoms. The summed E-state index contributed by atoms with van der Waals surface area (Å²) in [6.07, 6.45) is 1.14. The van der Waals surface area contributed by atoms with Crippen molar-refractivity contribution in [2.24, 2.45) is 0 Å². The van der Waals surface area contributed by atoms with E-state index in [1.165, 1.54) is 11.1 Å². The molecular formula is C20H27NO. The van der Waals surface area contributed by atoms with Gasteiger partial charge in [0.2, 0.25) is 0 Å². The first kappa shape index (κ1) is 16.6. The molecule has 2 heteroatoms. The molecule has 0 heterocycles. The molecule has 118 valence electrons. The molecular weight excluding hydrogens is 270 g/mol. The molecule has 0 atom stereocenters. The van der Waals surface area contributed by atoms with E-state index in [1.54, 1.807) is 0 Å². The van der Waals surface area contributed by atoms with Crippen molar-refractivity contribution in [3.05, 3.63) is 65.7 Å². The summed E-state index contributed by atoms with van der Waals surface area (Å²) in [6, 6.07) is 18.9. The van der Waals surface area contributed by atoms with Gasteiger partial charge in [-0.25, -0.2) is 0 Å². The Balaban J connectivity index is 1.71. The van der Waals surface area contributed by atoms with Gasteiger partial charge in [-0.1, -0.05) is 63.2 Å². The van der Waals surface area contributed by atoms with Crippen LogP contribution in [0.2, 0.25) is 0 Å². The van der Waals surface area contributed by atoms with Crippen molar-refractivity contribution in [3.63, 3.8) is 0 Å². The van der Waals surface area contributed by atoms with Crippen LogP contribution in [0.3, 0.4) is 0 Å². The maximum Gasteiger partial charge on any atom is 0.119 e. The van der Waals surface area contributed by atoms with Gasteiger partial charge >= 0.3 is 0 Å². The van der Waals surface area contributed by atoms with Crippen molar-refractivity contribution in [2.45, 2.75) is 39.2 Å². The van der Waals surface area contributed by atoms with Crippen molar-refractivity contribution in [1.29, 1.82) is 0 Å². The van der Waals surface area contributed by atoms with E-state index in [4.69, 9.17) is 4.74 Å². The van der Waals surface area contributed by atoms with Crippen molar-refractivity contribution in [3.8, 4) is 5.75 Å². The number of hydrogen-bond acceptors (Lipinski definition) is 2. The Kier molecular flexibility index (Phi) is 6.02. The van der Waals surface area contributed by atoms with Gasteiger partial charge in [0, 0.05) is 13.1 Å². The maximum absolute atomic E-state index is 5.78. The second kappa shape index (κ2) is 8.00. The summed E-state index contributed by atoms with van der Waals surface area (Å²) in [7, 11) is 0. The van der Waals surface area contributed by atoms with Crippen LogP contribution in [0.5, 0.6) is 5.75 Å². The lowest BCUT2D eigenvalue weighted by Crippen LogP contribution is -2.20. The average Bonchev–Trinajstić information content (AvgIpc) is 2.56. The van der Waals surface area contributed by atoms with Gasteiger partial charge in [0.25, 0.3) is 0 Å². The zero-order chi connectivity index (χ0) is 15.8. The molecule has 2 rings (SSSR count). The van der Waals surface area contributed by atoms with E-state index in [2.05, 4.69) is 74.6 Å². The van der Waals surface area contributed by atoms with Gasteiger partial charge in [-0.2, -0.15) is 0 Å². The van der Waals surface area contributed by atoms with Crippen LogP contribution < -0.4 is 10.1 Å². The summed E-state index contributed by atoms with van der Waals surface area (Å²) in [5.41, 5.74) is 2.90. The fraction of sp³-hybridized carbons (Fsp3) is 0.400. The molecule has 0 aromatic heterocycles. The van der Waals surface area contributed by atoms with Gasteiger partial charge < -0.3 is 10.1 Å². The number of rotatable bonds is 8. The summed E-state index contributed by atoms with van der Waals surface area (Å²) in [4.78, 5) is 0. The van der Waals surface area contributed by atoms with Crippen molar-refractivity contribution < 1.29 is 4.74 Å². The summed E-state index contributed by atoms with van der Waals surface area (Å²) < 4.78 is 5.78. The molecule has 0 amide bonds. The highest BCUT2D eigenvalue weighted by Crippen LogP contribution is 2.27. The minimum Gasteiger partial charge on any atom is -0.492 e. The van der Waals surface area contributed by atoms with Crippen molar-refractivity contribution in [1.82, 2.24) is 5.32 Å². The molecule has 0 fully saturated rings. The second-order valence-corrected chi connectivity index (χ2v) is 6.27. The first-order valence-electron chi connectivity index (χ1n) is 8.10. The minimum atomic E-state index is 0.232. The summed E-state index contributed by atoms with van der Waals surface area (Å²) in [5.74, 6) is 0.942. The molecule has 0 aliphatic carbocycles. The first-order chi connectivity index (χ1) is 10.6. The SMILES string of the molecule is CCC(C)(C)c1ccc(OCCNCc2ccccc2)cc1. The van der Waals surface area contributed by atoms with Gasteiger partial charge in [-0.05, 0) is 35.1 Å².